The minimum absolute atomic E-state index is 0.141. The average Bonchev–Trinajstić information content (AvgIpc) is 2.77. The number of nitrogens with zero attached hydrogens (tertiary/aromatic N) is 1. The third kappa shape index (κ3) is 2.38. The number of aromatic amines is 1. The molecule has 1 fully saturated rings. The Hall–Kier alpha value is -1.75. The van der Waals surface area contributed by atoms with Gasteiger partial charge in [0, 0.05) is 18.8 Å². The molecule has 1 aromatic heterocycles. The summed E-state index contributed by atoms with van der Waals surface area (Å²) >= 11 is 0. The summed E-state index contributed by atoms with van der Waals surface area (Å²) in [4.78, 5) is 16.0. The van der Waals surface area contributed by atoms with Gasteiger partial charge < -0.3 is 14.4 Å². The summed E-state index contributed by atoms with van der Waals surface area (Å²) in [6, 6.07) is 6.16. The topological polar surface area (TPSA) is 69.5 Å². The van der Waals surface area contributed by atoms with Crippen LogP contribution in [-0.2, 0) is 0 Å². The number of aliphatic hydroxyl groups is 1. The van der Waals surface area contributed by atoms with E-state index in [9.17, 15) is 9.90 Å². The minimum atomic E-state index is -0.421. The van der Waals surface area contributed by atoms with Gasteiger partial charge in [-0.3, -0.25) is 4.98 Å². The van der Waals surface area contributed by atoms with Crippen LogP contribution in [0.2, 0.25) is 0 Å². The number of anilines is 1. The maximum Gasteiger partial charge on any atom is 0.417 e. The molecule has 0 bridgehead atoms. The molecule has 0 unspecified atom stereocenters. The van der Waals surface area contributed by atoms with E-state index in [-0.39, 0.29) is 6.10 Å². The number of aromatic nitrogens is 1. The van der Waals surface area contributed by atoms with Crippen LogP contribution in [-0.4, -0.2) is 29.3 Å². The third-order valence-electron chi connectivity index (χ3n) is 4.02. The first kappa shape index (κ1) is 12.3. The van der Waals surface area contributed by atoms with Crippen LogP contribution in [0.3, 0.4) is 0 Å². The van der Waals surface area contributed by atoms with Crippen LogP contribution in [0.5, 0.6) is 0 Å². The molecule has 0 spiro atoms. The molecular weight excluding hydrogens is 244 g/mol. The van der Waals surface area contributed by atoms with Crippen LogP contribution in [0.25, 0.3) is 11.1 Å². The second-order valence-corrected chi connectivity index (χ2v) is 5.27. The first-order valence-corrected chi connectivity index (χ1v) is 6.67. The molecule has 102 valence electrons. The highest BCUT2D eigenvalue weighted by Crippen LogP contribution is 2.27. The molecular formula is C14H18N2O3. The first-order valence-electron chi connectivity index (χ1n) is 6.67. The number of hydrogen-bond donors (Lipinski definition) is 2. The Morgan fingerprint density at radius 2 is 2.05 bits per heavy atom. The van der Waals surface area contributed by atoms with Crippen molar-refractivity contribution in [1.29, 1.82) is 0 Å². The summed E-state index contributed by atoms with van der Waals surface area (Å²) in [6.07, 6.45) is 3.58. The second-order valence-electron chi connectivity index (χ2n) is 5.27. The number of oxazole rings is 1. The molecule has 0 amide bonds. The molecule has 0 aliphatic heterocycles. The minimum Gasteiger partial charge on any atom is -0.408 e. The number of benzene rings is 1. The molecule has 0 radical (unpaired) electrons. The zero-order valence-corrected chi connectivity index (χ0v) is 10.9. The fourth-order valence-corrected chi connectivity index (χ4v) is 2.82. The van der Waals surface area contributed by atoms with E-state index in [1.54, 1.807) is 0 Å². The van der Waals surface area contributed by atoms with Gasteiger partial charge in [-0.05, 0) is 43.9 Å². The number of nitrogens with one attached hydrogen (secondary N) is 1. The van der Waals surface area contributed by atoms with Crippen molar-refractivity contribution in [3.05, 3.63) is 28.7 Å². The van der Waals surface area contributed by atoms with E-state index in [0.717, 1.165) is 36.9 Å². The van der Waals surface area contributed by atoms with Gasteiger partial charge in [-0.15, -0.1) is 0 Å². The average molecular weight is 262 g/mol. The highest BCUT2D eigenvalue weighted by atomic mass is 16.4. The predicted molar refractivity (Wildman–Crippen MR) is 73.5 cm³/mol. The first-order chi connectivity index (χ1) is 9.13. The number of fused-ring (bicyclic) bond motifs is 1. The van der Waals surface area contributed by atoms with Gasteiger partial charge in [0.1, 0.15) is 0 Å². The molecule has 5 heteroatoms. The number of aliphatic hydroxyl groups excluding tert-OH is 1. The molecule has 1 saturated carbocycles. The Bertz CT molecular complexity index is 623. The summed E-state index contributed by atoms with van der Waals surface area (Å²) < 4.78 is 5.00. The van der Waals surface area contributed by atoms with E-state index < -0.39 is 5.76 Å². The van der Waals surface area contributed by atoms with Gasteiger partial charge in [0.25, 0.3) is 0 Å². The molecule has 3 rings (SSSR count). The van der Waals surface area contributed by atoms with E-state index in [1.165, 1.54) is 0 Å². The lowest BCUT2D eigenvalue weighted by molar-refractivity contribution is 0.122. The Morgan fingerprint density at radius 3 is 2.79 bits per heavy atom. The highest BCUT2D eigenvalue weighted by molar-refractivity contribution is 5.77. The van der Waals surface area contributed by atoms with E-state index in [4.69, 9.17) is 4.42 Å². The lowest BCUT2D eigenvalue weighted by Crippen LogP contribution is -2.36. The molecule has 1 heterocycles. The Labute approximate surface area is 110 Å². The molecule has 2 N–H and O–H groups in total. The molecule has 1 aliphatic carbocycles. The van der Waals surface area contributed by atoms with Crippen molar-refractivity contribution in [3.63, 3.8) is 0 Å². The van der Waals surface area contributed by atoms with Crippen LogP contribution in [0.1, 0.15) is 25.7 Å². The number of H-pyrrole nitrogens is 1. The van der Waals surface area contributed by atoms with E-state index in [0.29, 0.717) is 11.6 Å². The van der Waals surface area contributed by atoms with Gasteiger partial charge >= 0.3 is 5.76 Å². The van der Waals surface area contributed by atoms with Crippen LogP contribution in [0.15, 0.2) is 27.4 Å². The van der Waals surface area contributed by atoms with Gasteiger partial charge in [-0.25, -0.2) is 4.79 Å². The van der Waals surface area contributed by atoms with Crippen molar-refractivity contribution in [1.82, 2.24) is 4.98 Å². The van der Waals surface area contributed by atoms with Crippen molar-refractivity contribution < 1.29 is 9.52 Å². The van der Waals surface area contributed by atoms with E-state index >= 15 is 0 Å². The van der Waals surface area contributed by atoms with E-state index in [1.807, 2.05) is 18.2 Å². The fraction of sp³-hybridized carbons (Fsp3) is 0.500. The number of hydrogen-bond acceptors (Lipinski definition) is 4. The summed E-state index contributed by atoms with van der Waals surface area (Å²) in [6.45, 7) is 0. The lowest BCUT2D eigenvalue weighted by atomic mass is 9.92. The summed E-state index contributed by atoms with van der Waals surface area (Å²) in [5.74, 6) is -0.421. The van der Waals surface area contributed by atoms with Crippen molar-refractivity contribution in [2.24, 2.45) is 0 Å². The Kier molecular flexibility index (Phi) is 3.06. The largest absolute Gasteiger partial charge is 0.417 e. The summed E-state index contributed by atoms with van der Waals surface area (Å²) in [7, 11) is 2.06. The highest BCUT2D eigenvalue weighted by Gasteiger charge is 2.23. The van der Waals surface area contributed by atoms with Crippen molar-refractivity contribution in [3.8, 4) is 0 Å². The molecule has 19 heavy (non-hydrogen) atoms. The van der Waals surface area contributed by atoms with Gasteiger partial charge in [-0.2, -0.15) is 0 Å². The van der Waals surface area contributed by atoms with Crippen LogP contribution in [0.4, 0.5) is 5.69 Å². The second kappa shape index (κ2) is 4.74. The van der Waals surface area contributed by atoms with Crippen LogP contribution in [0, 0.1) is 0 Å². The van der Waals surface area contributed by atoms with E-state index in [2.05, 4.69) is 16.9 Å². The Balaban J connectivity index is 1.84. The summed E-state index contributed by atoms with van der Waals surface area (Å²) in [5.41, 5.74) is 2.37. The molecule has 5 nitrogen and oxygen atoms in total. The maximum absolute atomic E-state index is 11.1. The monoisotopic (exact) mass is 262 g/mol. The van der Waals surface area contributed by atoms with Crippen molar-refractivity contribution in [2.45, 2.75) is 37.8 Å². The zero-order chi connectivity index (χ0) is 13.4. The smallest absolute Gasteiger partial charge is 0.408 e. The standard InChI is InChI=1S/C14H18N2O3/c1-16(9-2-5-11(17)6-3-9)10-4-7-13-12(8-10)15-14(18)19-13/h4,7-9,11,17H,2-3,5-6H2,1H3,(H,15,18). The fourth-order valence-electron chi connectivity index (χ4n) is 2.82. The maximum atomic E-state index is 11.1. The van der Waals surface area contributed by atoms with Crippen LogP contribution < -0.4 is 10.7 Å². The van der Waals surface area contributed by atoms with Gasteiger partial charge in [0.2, 0.25) is 0 Å². The molecule has 0 atom stereocenters. The van der Waals surface area contributed by atoms with Gasteiger partial charge in [-0.1, -0.05) is 0 Å². The molecule has 1 aromatic carbocycles. The third-order valence-corrected chi connectivity index (χ3v) is 4.02. The summed E-state index contributed by atoms with van der Waals surface area (Å²) in [5, 5.41) is 9.55. The van der Waals surface area contributed by atoms with Crippen LogP contribution >= 0.6 is 0 Å². The van der Waals surface area contributed by atoms with Gasteiger partial charge in [0.15, 0.2) is 5.58 Å². The normalized spacial score (nSPS) is 23.7. The quantitative estimate of drug-likeness (QED) is 0.866. The lowest BCUT2D eigenvalue weighted by Gasteiger charge is -2.34. The van der Waals surface area contributed by atoms with Gasteiger partial charge in [0.05, 0.1) is 11.6 Å². The number of rotatable bonds is 2. The zero-order valence-electron chi connectivity index (χ0n) is 10.9. The predicted octanol–water partition coefficient (Wildman–Crippen LogP) is 1.86. The van der Waals surface area contributed by atoms with Crippen molar-refractivity contribution >= 4 is 16.8 Å². The molecule has 2 aromatic rings. The SMILES string of the molecule is CN(c1ccc2oc(=O)[nH]c2c1)C1CCC(O)CC1. The van der Waals surface area contributed by atoms with Crippen molar-refractivity contribution in [2.75, 3.05) is 11.9 Å². The molecule has 0 saturated heterocycles. The molecule has 1 aliphatic rings. The Morgan fingerprint density at radius 1 is 1.32 bits per heavy atom.